The molecule has 0 aliphatic heterocycles. The summed E-state index contributed by atoms with van der Waals surface area (Å²) in [6, 6.07) is 5.03. The number of rotatable bonds is 2. The minimum absolute atomic E-state index is 0.0818. The fourth-order valence-corrected chi connectivity index (χ4v) is 3.77. The molecule has 0 saturated heterocycles. The summed E-state index contributed by atoms with van der Waals surface area (Å²) in [5.74, 6) is -0.189. The summed E-state index contributed by atoms with van der Waals surface area (Å²) in [4.78, 5) is 3.33. The molecule has 0 atom stereocenters. The van der Waals surface area contributed by atoms with Crippen molar-refractivity contribution in [2.45, 2.75) is 44.4 Å². The maximum atomic E-state index is 13.4. The van der Waals surface area contributed by atoms with Gasteiger partial charge in [0.2, 0.25) is 0 Å². The van der Waals surface area contributed by atoms with Crippen LogP contribution in [0, 0.1) is 12.7 Å². The van der Waals surface area contributed by atoms with Gasteiger partial charge in [-0.15, -0.1) is 0 Å². The van der Waals surface area contributed by atoms with E-state index in [1.807, 2.05) is 6.07 Å². The summed E-state index contributed by atoms with van der Waals surface area (Å²) >= 11 is 0. The number of hydrogen-bond acceptors (Lipinski definition) is 1. The molecule has 3 rings (SSSR count). The van der Waals surface area contributed by atoms with Gasteiger partial charge in [0.25, 0.3) is 0 Å². The molecule has 0 radical (unpaired) electrons. The van der Waals surface area contributed by atoms with Crippen LogP contribution in [0.5, 0.6) is 0 Å². The second kappa shape index (κ2) is 4.64. The van der Waals surface area contributed by atoms with E-state index in [-0.39, 0.29) is 11.2 Å². The Hall–Kier alpha value is -1.35. The number of halogens is 1. The minimum Gasteiger partial charge on any atom is -0.358 e. The van der Waals surface area contributed by atoms with Crippen LogP contribution in [0.15, 0.2) is 18.2 Å². The third-order valence-corrected chi connectivity index (χ3v) is 4.68. The molecule has 1 saturated carbocycles. The molecule has 0 bridgehead atoms. The number of benzene rings is 1. The fourth-order valence-electron chi connectivity index (χ4n) is 3.77. The standard InChI is InChI=1S/C16H21FN2/c1-11-15(16(10-18)7-3-2-4-8-16)13-6-5-12(17)9-14(13)19-11/h5-6,9,19H,2-4,7-8,10,18H2,1H3. The van der Waals surface area contributed by atoms with Gasteiger partial charge in [0.1, 0.15) is 5.82 Å². The van der Waals surface area contributed by atoms with Gasteiger partial charge in [-0.1, -0.05) is 19.3 Å². The third kappa shape index (κ3) is 1.96. The maximum Gasteiger partial charge on any atom is 0.125 e. The lowest BCUT2D eigenvalue weighted by molar-refractivity contribution is 0.302. The number of H-pyrrole nitrogens is 1. The van der Waals surface area contributed by atoms with Crippen LogP contribution in [-0.4, -0.2) is 11.5 Å². The van der Waals surface area contributed by atoms with Crippen molar-refractivity contribution in [3.63, 3.8) is 0 Å². The summed E-state index contributed by atoms with van der Waals surface area (Å²) in [6.45, 7) is 2.76. The zero-order chi connectivity index (χ0) is 13.5. The van der Waals surface area contributed by atoms with E-state index >= 15 is 0 Å². The van der Waals surface area contributed by atoms with E-state index in [9.17, 15) is 4.39 Å². The summed E-state index contributed by atoms with van der Waals surface area (Å²) in [7, 11) is 0. The van der Waals surface area contributed by atoms with Crippen molar-refractivity contribution < 1.29 is 4.39 Å². The van der Waals surface area contributed by atoms with Crippen LogP contribution in [0.25, 0.3) is 10.9 Å². The molecule has 1 aromatic heterocycles. The molecule has 0 amide bonds. The normalized spacial score (nSPS) is 18.9. The Morgan fingerprint density at radius 3 is 2.68 bits per heavy atom. The fraction of sp³-hybridized carbons (Fsp3) is 0.500. The predicted molar refractivity (Wildman–Crippen MR) is 76.8 cm³/mol. The predicted octanol–water partition coefficient (Wildman–Crippen LogP) is 3.78. The van der Waals surface area contributed by atoms with Crippen LogP contribution in [0.1, 0.15) is 43.4 Å². The molecule has 19 heavy (non-hydrogen) atoms. The van der Waals surface area contributed by atoms with Gasteiger partial charge in [-0.3, -0.25) is 0 Å². The second-order valence-electron chi connectivity index (χ2n) is 5.86. The van der Waals surface area contributed by atoms with Gasteiger partial charge in [-0.2, -0.15) is 0 Å². The lowest BCUT2D eigenvalue weighted by atomic mass is 9.68. The molecule has 102 valence electrons. The van der Waals surface area contributed by atoms with Crippen LogP contribution in [0.2, 0.25) is 0 Å². The largest absolute Gasteiger partial charge is 0.358 e. The Bertz CT molecular complexity index is 594. The molecule has 0 spiro atoms. The van der Waals surface area contributed by atoms with Crippen LogP contribution < -0.4 is 5.73 Å². The first-order chi connectivity index (χ1) is 9.16. The quantitative estimate of drug-likeness (QED) is 0.847. The molecule has 1 aromatic carbocycles. The van der Waals surface area contributed by atoms with Crippen molar-refractivity contribution in [3.05, 3.63) is 35.3 Å². The average molecular weight is 260 g/mol. The Morgan fingerprint density at radius 2 is 2.00 bits per heavy atom. The molecule has 1 heterocycles. The molecule has 0 unspecified atom stereocenters. The monoisotopic (exact) mass is 260 g/mol. The highest BCUT2D eigenvalue weighted by molar-refractivity contribution is 5.86. The number of hydrogen-bond donors (Lipinski definition) is 2. The lowest BCUT2D eigenvalue weighted by Gasteiger charge is -2.37. The average Bonchev–Trinajstić information content (AvgIpc) is 2.75. The smallest absolute Gasteiger partial charge is 0.125 e. The molecule has 2 nitrogen and oxygen atoms in total. The number of nitrogens with two attached hydrogens (primary N) is 1. The van der Waals surface area contributed by atoms with E-state index in [1.54, 1.807) is 12.1 Å². The number of aromatic nitrogens is 1. The van der Waals surface area contributed by atoms with E-state index < -0.39 is 0 Å². The van der Waals surface area contributed by atoms with E-state index in [0.717, 1.165) is 29.4 Å². The van der Waals surface area contributed by atoms with Gasteiger partial charge in [0.15, 0.2) is 0 Å². The zero-order valence-electron chi connectivity index (χ0n) is 11.4. The molecular weight excluding hydrogens is 239 g/mol. The Balaban J connectivity index is 2.20. The lowest BCUT2D eigenvalue weighted by Crippen LogP contribution is -2.37. The molecule has 3 heteroatoms. The second-order valence-corrected chi connectivity index (χ2v) is 5.86. The number of fused-ring (bicyclic) bond motifs is 1. The van der Waals surface area contributed by atoms with Crippen LogP contribution in [-0.2, 0) is 5.41 Å². The Morgan fingerprint density at radius 1 is 1.26 bits per heavy atom. The van der Waals surface area contributed by atoms with Gasteiger partial charge in [0, 0.05) is 28.6 Å². The highest BCUT2D eigenvalue weighted by atomic mass is 19.1. The summed E-state index contributed by atoms with van der Waals surface area (Å²) in [5, 5.41) is 1.14. The van der Waals surface area contributed by atoms with Crippen molar-refractivity contribution in [1.82, 2.24) is 4.98 Å². The van der Waals surface area contributed by atoms with Crippen LogP contribution in [0.3, 0.4) is 0 Å². The van der Waals surface area contributed by atoms with Crippen molar-refractivity contribution in [2.24, 2.45) is 5.73 Å². The van der Waals surface area contributed by atoms with Gasteiger partial charge in [-0.05, 0) is 43.5 Å². The molecule has 1 aliphatic rings. The molecule has 1 fully saturated rings. The molecular formula is C16H21FN2. The third-order valence-electron chi connectivity index (χ3n) is 4.68. The zero-order valence-corrected chi connectivity index (χ0v) is 11.4. The molecule has 2 aromatic rings. The van der Waals surface area contributed by atoms with E-state index in [4.69, 9.17) is 5.73 Å². The van der Waals surface area contributed by atoms with Gasteiger partial charge < -0.3 is 10.7 Å². The Kier molecular flexibility index (Phi) is 3.09. The van der Waals surface area contributed by atoms with Crippen LogP contribution in [0.4, 0.5) is 4.39 Å². The van der Waals surface area contributed by atoms with E-state index in [0.29, 0.717) is 6.54 Å². The van der Waals surface area contributed by atoms with Crippen molar-refractivity contribution in [3.8, 4) is 0 Å². The number of nitrogens with one attached hydrogen (secondary N) is 1. The SMILES string of the molecule is Cc1[nH]c2cc(F)ccc2c1C1(CN)CCCCC1. The van der Waals surface area contributed by atoms with E-state index in [2.05, 4.69) is 11.9 Å². The highest BCUT2D eigenvalue weighted by Crippen LogP contribution is 2.43. The molecule has 3 N–H and O–H groups in total. The van der Waals surface area contributed by atoms with Gasteiger partial charge in [-0.25, -0.2) is 4.39 Å². The topological polar surface area (TPSA) is 41.8 Å². The van der Waals surface area contributed by atoms with Crippen LogP contribution >= 0.6 is 0 Å². The van der Waals surface area contributed by atoms with Gasteiger partial charge in [0.05, 0.1) is 0 Å². The maximum absolute atomic E-state index is 13.4. The van der Waals surface area contributed by atoms with Crippen molar-refractivity contribution in [2.75, 3.05) is 6.54 Å². The first-order valence-electron chi connectivity index (χ1n) is 7.15. The van der Waals surface area contributed by atoms with Crippen molar-refractivity contribution >= 4 is 10.9 Å². The Labute approximate surface area is 113 Å². The minimum atomic E-state index is -0.189. The number of aryl methyl sites for hydroxylation is 1. The summed E-state index contributed by atoms with van der Waals surface area (Å²) < 4.78 is 13.4. The first-order valence-corrected chi connectivity index (χ1v) is 7.15. The highest BCUT2D eigenvalue weighted by Gasteiger charge is 2.35. The first kappa shape index (κ1) is 12.7. The summed E-state index contributed by atoms with van der Waals surface area (Å²) in [5.41, 5.74) is 9.58. The van der Waals surface area contributed by atoms with Crippen molar-refractivity contribution in [1.29, 1.82) is 0 Å². The van der Waals surface area contributed by atoms with Gasteiger partial charge >= 0.3 is 0 Å². The summed E-state index contributed by atoms with van der Waals surface area (Å²) in [6.07, 6.45) is 6.08. The number of aromatic amines is 1. The molecule has 1 aliphatic carbocycles. The van der Waals surface area contributed by atoms with E-state index in [1.165, 1.54) is 24.8 Å².